The highest BCUT2D eigenvalue weighted by atomic mass is 16.3. The third-order valence-corrected chi connectivity index (χ3v) is 3.03. The lowest BCUT2D eigenvalue weighted by atomic mass is 9.84. The zero-order chi connectivity index (χ0) is 10.3. The second-order valence-corrected chi connectivity index (χ2v) is 4.36. The first-order valence-corrected chi connectivity index (χ1v) is 5.79. The molecule has 1 heteroatoms. The summed E-state index contributed by atoms with van der Waals surface area (Å²) in [6, 6.07) is 0. The standard InChI is InChI=1S/C12H26O/c1-5-7-12(6-2)10(3)8-9-11(4)13/h10-13H,5-9H2,1-4H3/t10-,11+,12?/m1/s1. The molecule has 0 saturated heterocycles. The summed E-state index contributed by atoms with van der Waals surface area (Å²) in [5.41, 5.74) is 0. The molecular formula is C12H26O. The van der Waals surface area contributed by atoms with Gasteiger partial charge in [-0.3, -0.25) is 0 Å². The molecule has 0 fully saturated rings. The van der Waals surface area contributed by atoms with E-state index in [1.165, 1.54) is 25.7 Å². The fraction of sp³-hybridized carbons (Fsp3) is 1.00. The van der Waals surface area contributed by atoms with Gasteiger partial charge in [-0.25, -0.2) is 0 Å². The van der Waals surface area contributed by atoms with Gasteiger partial charge in [-0.05, 0) is 31.6 Å². The minimum Gasteiger partial charge on any atom is -0.393 e. The summed E-state index contributed by atoms with van der Waals surface area (Å²) < 4.78 is 0. The molecule has 0 aromatic heterocycles. The van der Waals surface area contributed by atoms with E-state index in [1.54, 1.807) is 0 Å². The van der Waals surface area contributed by atoms with Crippen LogP contribution in [0.25, 0.3) is 0 Å². The van der Waals surface area contributed by atoms with Crippen LogP contribution in [0.2, 0.25) is 0 Å². The Hall–Kier alpha value is -0.0400. The smallest absolute Gasteiger partial charge is 0.0512 e. The summed E-state index contributed by atoms with van der Waals surface area (Å²) in [6.45, 7) is 8.74. The van der Waals surface area contributed by atoms with Crippen molar-refractivity contribution >= 4 is 0 Å². The van der Waals surface area contributed by atoms with Crippen molar-refractivity contribution < 1.29 is 5.11 Å². The second-order valence-electron chi connectivity index (χ2n) is 4.36. The molecule has 80 valence electrons. The van der Waals surface area contributed by atoms with Crippen LogP contribution in [0.5, 0.6) is 0 Å². The van der Waals surface area contributed by atoms with Crippen LogP contribution in [0.3, 0.4) is 0 Å². The van der Waals surface area contributed by atoms with Crippen LogP contribution in [-0.2, 0) is 0 Å². The Labute approximate surface area is 83.5 Å². The summed E-state index contributed by atoms with van der Waals surface area (Å²) in [6.07, 6.45) is 5.93. The van der Waals surface area contributed by atoms with Gasteiger partial charge in [-0.2, -0.15) is 0 Å². The SMILES string of the molecule is CCCC(CC)[C@H](C)CC[C@H](C)O. The van der Waals surface area contributed by atoms with E-state index in [9.17, 15) is 5.11 Å². The van der Waals surface area contributed by atoms with Gasteiger partial charge in [-0.15, -0.1) is 0 Å². The van der Waals surface area contributed by atoms with Gasteiger partial charge in [0.2, 0.25) is 0 Å². The van der Waals surface area contributed by atoms with Crippen LogP contribution < -0.4 is 0 Å². The van der Waals surface area contributed by atoms with Crippen molar-refractivity contribution in [1.82, 2.24) is 0 Å². The number of rotatable bonds is 7. The van der Waals surface area contributed by atoms with Crippen LogP contribution in [0.4, 0.5) is 0 Å². The molecule has 1 nitrogen and oxygen atoms in total. The van der Waals surface area contributed by atoms with Crippen molar-refractivity contribution in [2.24, 2.45) is 11.8 Å². The Balaban J connectivity index is 3.69. The molecule has 0 aromatic rings. The predicted molar refractivity (Wildman–Crippen MR) is 58.8 cm³/mol. The van der Waals surface area contributed by atoms with Gasteiger partial charge in [0, 0.05) is 0 Å². The first-order chi connectivity index (χ1) is 6.11. The summed E-state index contributed by atoms with van der Waals surface area (Å²) >= 11 is 0. The number of aliphatic hydroxyl groups excluding tert-OH is 1. The van der Waals surface area contributed by atoms with Gasteiger partial charge in [0.15, 0.2) is 0 Å². The van der Waals surface area contributed by atoms with Crippen LogP contribution in [0, 0.1) is 11.8 Å². The lowest BCUT2D eigenvalue weighted by Crippen LogP contribution is -2.13. The van der Waals surface area contributed by atoms with Crippen molar-refractivity contribution in [1.29, 1.82) is 0 Å². The highest BCUT2D eigenvalue weighted by Gasteiger charge is 2.14. The lowest BCUT2D eigenvalue weighted by molar-refractivity contribution is 0.164. The van der Waals surface area contributed by atoms with Gasteiger partial charge in [-0.1, -0.05) is 40.0 Å². The summed E-state index contributed by atoms with van der Waals surface area (Å²) in [4.78, 5) is 0. The Kier molecular flexibility index (Phi) is 7.35. The van der Waals surface area contributed by atoms with E-state index in [4.69, 9.17) is 0 Å². The maximum Gasteiger partial charge on any atom is 0.0512 e. The van der Waals surface area contributed by atoms with E-state index in [-0.39, 0.29) is 6.10 Å². The molecule has 0 spiro atoms. The predicted octanol–water partition coefficient (Wildman–Crippen LogP) is 3.61. The monoisotopic (exact) mass is 186 g/mol. The van der Waals surface area contributed by atoms with Crippen LogP contribution >= 0.6 is 0 Å². The van der Waals surface area contributed by atoms with Gasteiger partial charge in [0.05, 0.1) is 6.10 Å². The van der Waals surface area contributed by atoms with Crippen molar-refractivity contribution in [2.45, 2.75) is 65.9 Å². The average molecular weight is 186 g/mol. The largest absolute Gasteiger partial charge is 0.393 e. The van der Waals surface area contributed by atoms with Gasteiger partial charge < -0.3 is 5.11 Å². The highest BCUT2D eigenvalue weighted by Crippen LogP contribution is 2.25. The minimum absolute atomic E-state index is 0.124. The molecule has 0 amide bonds. The molecule has 0 rings (SSSR count). The first kappa shape index (κ1) is 13.0. The second kappa shape index (κ2) is 7.37. The molecular weight excluding hydrogens is 160 g/mol. The zero-order valence-electron chi connectivity index (χ0n) is 9.71. The van der Waals surface area contributed by atoms with E-state index in [0.717, 1.165) is 18.3 Å². The van der Waals surface area contributed by atoms with Crippen LogP contribution in [-0.4, -0.2) is 11.2 Å². The minimum atomic E-state index is -0.124. The molecule has 0 aliphatic rings. The Morgan fingerprint density at radius 1 is 1.00 bits per heavy atom. The molecule has 0 heterocycles. The molecule has 0 aliphatic carbocycles. The first-order valence-electron chi connectivity index (χ1n) is 5.79. The normalized spacial score (nSPS) is 18.2. The van der Waals surface area contributed by atoms with E-state index in [0.29, 0.717) is 0 Å². The average Bonchev–Trinajstić information content (AvgIpc) is 2.10. The van der Waals surface area contributed by atoms with E-state index in [2.05, 4.69) is 20.8 Å². The molecule has 0 radical (unpaired) electrons. The van der Waals surface area contributed by atoms with Crippen LogP contribution in [0.1, 0.15) is 59.8 Å². The van der Waals surface area contributed by atoms with Gasteiger partial charge in [0.25, 0.3) is 0 Å². The van der Waals surface area contributed by atoms with Crippen molar-refractivity contribution in [3.05, 3.63) is 0 Å². The fourth-order valence-corrected chi connectivity index (χ4v) is 2.00. The van der Waals surface area contributed by atoms with Gasteiger partial charge in [0.1, 0.15) is 0 Å². The Bertz CT molecular complexity index is 110. The maximum atomic E-state index is 9.19. The third kappa shape index (κ3) is 6.09. The molecule has 0 aromatic carbocycles. The number of aliphatic hydroxyl groups is 1. The summed E-state index contributed by atoms with van der Waals surface area (Å²) in [5.74, 6) is 1.64. The molecule has 1 unspecified atom stereocenters. The van der Waals surface area contributed by atoms with Crippen molar-refractivity contribution in [2.75, 3.05) is 0 Å². The molecule has 13 heavy (non-hydrogen) atoms. The van der Waals surface area contributed by atoms with E-state index in [1.807, 2.05) is 6.92 Å². The summed E-state index contributed by atoms with van der Waals surface area (Å²) in [7, 11) is 0. The summed E-state index contributed by atoms with van der Waals surface area (Å²) in [5, 5.41) is 9.19. The Morgan fingerprint density at radius 2 is 1.62 bits per heavy atom. The molecule has 0 bridgehead atoms. The fourth-order valence-electron chi connectivity index (χ4n) is 2.00. The molecule has 0 saturated carbocycles. The quantitative estimate of drug-likeness (QED) is 0.644. The van der Waals surface area contributed by atoms with E-state index >= 15 is 0 Å². The third-order valence-electron chi connectivity index (χ3n) is 3.03. The number of hydrogen-bond donors (Lipinski definition) is 1. The van der Waals surface area contributed by atoms with Gasteiger partial charge >= 0.3 is 0 Å². The Morgan fingerprint density at radius 3 is 2.00 bits per heavy atom. The van der Waals surface area contributed by atoms with Crippen molar-refractivity contribution in [3.63, 3.8) is 0 Å². The highest BCUT2D eigenvalue weighted by molar-refractivity contribution is 4.66. The molecule has 3 atom stereocenters. The van der Waals surface area contributed by atoms with E-state index < -0.39 is 0 Å². The molecule has 0 aliphatic heterocycles. The lowest BCUT2D eigenvalue weighted by Gasteiger charge is -2.22. The molecule has 1 N–H and O–H groups in total. The zero-order valence-corrected chi connectivity index (χ0v) is 9.71. The number of hydrogen-bond acceptors (Lipinski definition) is 1. The van der Waals surface area contributed by atoms with Crippen molar-refractivity contribution in [3.8, 4) is 0 Å². The maximum absolute atomic E-state index is 9.19. The van der Waals surface area contributed by atoms with Crippen LogP contribution in [0.15, 0.2) is 0 Å². The topological polar surface area (TPSA) is 20.2 Å².